The number of nitrogens with zero attached hydrogens (tertiary/aromatic N) is 2. The molecule has 0 radical (unpaired) electrons. The van der Waals surface area contributed by atoms with Crippen molar-refractivity contribution in [2.24, 2.45) is 5.92 Å². The van der Waals surface area contributed by atoms with Crippen LogP contribution in [-0.2, 0) is 19.1 Å². The molecule has 1 unspecified atom stereocenters. The minimum atomic E-state index is -7.09. The van der Waals surface area contributed by atoms with Gasteiger partial charge < -0.3 is 15.0 Å². The third kappa shape index (κ3) is 9.03. The lowest BCUT2D eigenvalue weighted by atomic mass is 10.0. The standard InChI is InChI=1S/C18H11Cl2F10N3O6.C6H15N/c1-32-11(35)8(12(36)33(2)14(32)37)10(34)31-5-3-6(19)9(7(20)4-5)38-15(22,23)13(21)39-18(29,30)16(24,25)17(26,27)28;1-4-7(5-2)6-3/h3-4,8,13H,1-2H3,(H,31,34);4-6H2,1-3H3/p+1. The number of ether oxygens (including phenoxy) is 2. The molecule has 1 aromatic rings. The van der Waals surface area contributed by atoms with Crippen molar-refractivity contribution in [1.82, 2.24) is 9.80 Å². The fourth-order valence-corrected chi connectivity index (χ4v) is 4.01. The molecule has 1 fully saturated rings. The number of rotatable bonds is 11. The molecule has 1 aliphatic rings. The fourth-order valence-electron chi connectivity index (χ4n) is 3.44. The Morgan fingerprint density at radius 2 is 1.30 bits per heavy atom. The number of carbonyl (C=O) groups excluding carboxylic acids is 4. The highest BCUT2D eigenvalue weighted by atomic mass is 35.5. The van der Waals surface area contributed by atoms with Crippen molar-refractivity contribution in [3.63, 3.8) is 0 Å². The molecule has 1 aliphatic heterocycles. The fraction of sp³-hybridized carbons (Fsp3) is 0.583. The van der Waals surface area contributed by atoms with E-state index in [0.29, 0.717) is 21.9 Å². The van der Waals surface area contributed by atoms with Crippen LogP contribution in [0.15, 0.2) is 12.1 Å². The van der Waals surface area contributed by atoms with E-state index in [4.69, 9.17) is 23.2 Å². The predicted molar refractivity (Wildman–Crippen MR) is 140 cm³/mol. The quantitative estimate of drug-likeness (QED) is 0.255. The van der Waals surface area contributed by atoms with Crippen molar-refractivity contribution in [3.05, 3.63) is 22.2 Å². The molecule has 5 amide bonds. The minimum absolute atomic E-state index is 0.439. The van der Waals surface area contributed by atoms with Gasteiger partial charge in [-0.3, -0.25) is 28.9 Å². The lowest BCUT2D eigenvalue weighted by molar-refractivity contribution is -0.894. The van der Waals surface area contributed by atoms with E-state index in [2.05, 4.69) is 30.2 Å². The Hall–Kier alpha value is -3.10. The van der Waals surface area contributed by atoms with Crippen molar-refractivity contribution >= 4 is 52.6 Å². The maximum Gasteiger partial charge on any atom is 0.462 e. The van der Waals surface area contributed by atoms with Crippen LogP contribution in [0.2, 0.25) is 10.0 Å². The molecule has 2 rings (SSSR count). The largest absolute Gasteiger partial charge is 0.462 e. The van der Waals surface area contributed by atoms with Gasteiger partial charge in [-0.1, -0.05) is 23.2 Å². The summed E-state index contributed by atoms with van der Waals surface area (Å²) >= 11 is 11.3. The topological polar surface area (TPSA) is 110 Å². The average molecular weight is 728 g/mol. The normalized spacial score (nSPS) is 16.0. The Balaban J connectivity index is 0.00000135. The molecule has 1 atom stereocenters. The van der Waals surface area contributed by atoms with E-state index in [0.717, 1.165) is 14.1 Å². The van der Waals surface area contributed by atoms with Crippen LogP contribution in [0, 0.1) is 5.92 Å². The second kappa shape index (κ2) is 15.2. The zero-order valence-corrected chi connectivity index (χ0v) is 25.8. The zero-order chi connectivity index (χ0) is 36.2. The second-order valence-electron chi connectivity index (χ2n) is 9.27. The van der Waals surface area contributed by atoms with Gasteiger partial charge in [-0.2, -0.15) is 39.5 Å². The Bertz CT molecular complexity index is 1250. The number of imide groups is 2. The van der Waals surface area contributed by atoms with E-state index in [-0.39, 0.29) is 0 Å². The SMILES string of the molecule is CC[NH+](CC)CC.CN1C(=O)C(C(=O)Nc2cc(Cl)c(OC(F)(F)C(F)OC(F)(F)C(F)(F)C(F)(F)F)c(Cl)c2)C(=O)N(C)C1=O. The van der Waals surface area contributed by atoms with Gasteiger partial charge in [-0.15, -0.1) is 0 Å². The molecule has 0 saturated carbocycles. The summed E-state index contributed by atoms with van der Waals surface area (Å²) in [6.45, 7) is 10.5. The molecule has 46 heavy (non-hydrogen) atoms. The second-order valence-corrected chi connectivity index (χ2v) is 10.1. The van der Waals surface area contributed by atoms with Gasteiger partial charge >= 0.3 is 36.7 Å². The number of benzene rings is 1. The smallest absolute Gasteiger partial charge is 0.425 e. The van der Waals surface area contributed by atoms with Crippen LogP contribution >= 0.6 is 23.2 Å². The number of hydrogen-bond acceptors (Lipinski definition) is 6. The maximum absolute atomic E-state index is 13.9. The van der Waals surface area contributed by atoms with Crippen LogP contribution in [0.4, 0.5) is 54.4 Å². The average Bonchev–Trinajstić information content (AvgIpc) is 2.93. The summed E-state index contributed by atoms with van der Waals surface area (Å²) in [7, 11) is 1.91. The highest BCUT2D eigenvalue weighted by Gasteiger charge is 2.76. The van der Waals surface area contributed by atoms with E-state index in [1.54, 1.807) is 4.90 Å². The van der Waals surface area contributed by atoms with Crippen LogP contribution in [0.5, 0.6) is 5.75 Å². The van der Waals surface area contributed by atoms with Crippen LogP contribution in [0.1, 0.15) is 20.8 Å². The first kappa shape index (κ1) is 40.9. The lowest BCUT2D eigenvalue weighted by Crippen LogP contribution is -3.11. The van der Waals surface area contributed by atoms with Gasteiger partial charge in [0.15, 0.2) is 11.7 Å². The van der Waals surface area contributed by atoms with Crippen LogP contribution in [0.3, 0.4) is 0 Å². The molecule has 22 heteroatoms. The van der Waals surface area contributed by atoms with Crippen molar-refractivity contribution in [3.8, 4) is 5.75 Å². The van der Waals surface area contributed by atoms with E-state index >= 15 is 0 Å². The highest BCUT2D eigenvalue weighted by molar-refractivity contribution is 6.38. The monoisotopic (exact) mass is 727 g/mol. The summed E-state index contributed by atoms with van der Waals surface area (Å²) in [5.41, 5.74) is -0.530. The zero-order valence-electron chi connectivity index (χ0n) is 24.3. The first-order valence-electron chi connectivity index (χ1n) is 12.7. The molecule has 1 saturated heterocycles. The van der Waals surface area contributed by atoms with Crippen molar-refractivity contribution in [2.75, 3.05) is 39.0 Å². The number of urea groups is 1. The molecule has 262 valence electrons. The summed E-state index contributed by atoms with van der Waals surface area (Å²) in [6, 6.07) is 0.0129. The molecule has 0 aliphatic carbocycles. The molecule has 0 bridgehead atoms. The van der Waals surface area contributed by atoms with Gasteiger partial charge in [0, 0.05) is 19.8 Å². The Morgan fingerprint density at radius 3 is 1.65 bits per heavy atom. The number of anilines is 1. The van der Waals surface area contributed by atoms with Crippen molar-refractivity contribution in [1.29, 1.82) is 0 Å². The van der Waals surface area contributed by atoms with Gasteiger partial charge in [0.2, 0.25) is 5.91 Å². The number of halogens is 12. The highest BCUT2D eigenvalue weighted by Crippen LogP contribution is 2.49. The summed E-state index contributed by atoms with van der Waals surface area (Å²) in [5.74, 6) is -14.5. The Labute approximate surface area is 264 Å². The number of barbiturate groups is 1. The number of quaternary nitrogens is 1. The summed E-state index contributed by atoms with van der Waals surface area (Å²) in [6.07, 6.45) is -24.5. The minimum Gasteiger partial charge on any atom is -0.425 e. The molecule has 1 aromatic carbocycles. The van der Waals surface area contributed by atoms with Gasteiger partial charge in [0.1, 0.15) is 0 Å². The lowest BCUT2D eigenvalue weighted by Gasteiger charge is -2.32. The van der Waals surface area contributed by atoms with E-state index in [1.807, 2.05) is 5.32 Å². The Morgan fingerprint density at radius 1 is 0.891 bits per heavy atom. The molecule has 0 aromatic heterocycles. The number of hydrogen-bond donors (Lipinski definition) is 2. The van der Waals surface area contributed by atoms with Crippen LogP contribution < -0.4 is 15.0 Å². The number of alkyl halides is 10. The molecular weight excluding hydrogens is 701 g/mol. The molecule has 10 nitrogen and oxygen atoms in total. The van der Waals surface area contributed by atoms with Crippen molar-refractivity contribution < 1.29 is 77.5 Å². The summed E-state index contributed by atoms with van der Waals surface area (Å²) in [5, 5.41) is -0.166. The number of carbonyl (C=O) groups is 4. The van der Waals surface area contributed by atoms with Crippen LogP contribution in [0.25, 0.3) is 0 Å². The summed E-state index contributed by atoms with van der Waals surface area (Å²) < 4.78 is 136. The molecule has 1 heterocycles. The third-order valence-electron chi connectivity index (χ3n) is 6.23. The third-order valence-corrected chi connectivity index (χ3v) is 6.79. The first-order chi connectivity index (χ1) is 20.8. The maximum atomic E-state index is 13.9. The van der Waals surface area contributed by atoms with E-state index in [1.165, 1.54) is 19.6 Å². The molecule has 2 N–H and O–H groups in total. The number of nitrogens with one attached hydrogen (secondary N) is 2. The van der Waals surface area contributed by atoms with E-state index in [9.17, 15) is 63.1 Å². The van der Waals surface area contributed by atoms with Crippen LogP contribution in [-0.4, -0.2) is 98.0 Å². The Kier molecular flexibility index (Phi) is 13.5. The van der Waals surface area contributed by atoms with Gasteiger partial charge in [0.25, 0.3) is 11.8 Å². The molecule has 0 spiro atoms. The van der Waals surface area contributed by atoms with Gasteiger partial charge in [0.05, 0.1) is 29.7 Å². The molecular formula is C24H27Cl2F10N4O6+. The van der Waals surface area contributed by atoms with Gasteiger partial charge in [-0.25, -0.2) is 9.18 Å². The van der Waals surface area contributed by atoms with Crippen molar-refractivity contribution in [2.45, 2.75) is 51.4 Å². The predicted octanol–water partition coefficient (Wildman–Crippen LogP) is 4.60. The first-order valence-corrected chi connectivity index (χ1v) is 13.5. The van der Waals surface area contributed by atoms with Gasteiger partial charge in [-0.05, 0) is 32.9 Å². The number of amides is 5. The van der Waals surface area contributed by atoms with E-state index < -0.39 is 81.8 Å². The summed E-state index contributed by atoms with van der Waals surface area (Å²) in [4.78, 5) is 51.1.